The smallest absolute Gasteiger partial charge is 0.339 e. The monoisotopic (exact) mass is 360 g/mol. The van der Waals surface area contributed by atoms with E-state index in [1.807, 2.05) is 0 Å². The van der Waals surface area contributed by atoms with E-state index in [1.54, 1.807) is 0 Å². The second kappa shape index (κ2) is 7.75. The van der Waals surface area contributed by atoms with Crippen LogP contribution in [0.3, 0.4) is 0 Å². The number of aromatic carboxylic acids is 1. The van der Waals surface area contributed by atoms with Gasteiger partial charge >= 0.3 is 5.97 Å². The van der Waals surface area contributed by atoms with E-state index >= 15 is 0 Å². The minimum atomic E-state index is -4.02. The van der Waals surface area contributed by atoms with Crippen molar-refractivity contribution in [2.75, 3.05) is 14.2 Å². The summed E-state index contributed by atoms with van der Waals surface area (Å²) in [5, 5.41) is 16.0. The van der Waals surface area contributed by atoms with Gasteiger partial charge in [0.2, 0.25) is 21.8 Å². The zero-order chi connectivity index (χ0) is 18.5. The van der Waals surface area contributed by atoms with Crippen molar-refractivity contribution in [1.82, 2.24) is 5.32 Å². The van der Waals surface area contributed by atoms with Crippen LogP contribution in [0.1, 0.15) is 23.2 Å². The second-order valence-electron chi connectivity index (χ2n) is 4.53. The van der Waals surface area contributed by atoms with E-state index in [9.17, 15) is 22.8 Å². The number of carboxylic acid groups (broad SMARTS) is 1. The number of nitrogens with one attached hydrogen (secondary N) is 1. The lowest BCUT2D eigenvalue weighted by Gasteiger charge is -2.11. The molecule has 1 aromatic rings. The normalized spacial score (nSPS) is 13.6. The third-order valence-electron chi connectivity index (χ3n) is 2.87. The van der Waals surface area contributed by atoms with Crippen molar-refractivity contribution in [2.24, 2.45) is 5.14 Å². The lowest BCUT2D eigenvalue weighted by molar-refractivity contribution is -0.124. The lowest BCUT2D eigenvalue weighted by Crippen LogP contribution is -2.18. The highest BCUT2D eigenvalue weighted by Crippen LogP contribution is 2.33. The third-order valence-corrected chi connectivity index (χ3v) is 3.76. The highest BCUT2D eigenvalue weighted by atomic mass is 32.2. The molecule has 0 saturated carbocycles. The van der Waals surface area contributed by atoms with Gasteiger partial charge in [0.05, 0.1) is 19.1 Å². The molecule has 2 amide bonds. The Kier molecular flexibility index (Phi) is 6.26. The van der Waals surface area contributed by atoms with Crippen molar-refractivity contribution in [3.05, 3.63) is 17.7 Å². The van der Waals surface area contributed by atoms with Crippen LogP contribution in [0.2, 0.25) is 0 Å². The van der Waals surface area contributed by atoms with Gasteiger partial charge < -0.3 is 14.6 Å². The molecule has 11 heteroatoms. The molecule has 10 nitrogen and oxygen atoms in total. The number of hydrogen-bond acceptors (Lipinski definition) is 7. The molecule has 1 saturated heterocycles. The quantitative estimate of drug-likeness (QED) is 0.604. The molecule has 0 bridgehead atoms. The van der Waals surface area contributed by atoms with E-state index < -0.39 is 16.0 Å². The van der Waals surface area contributed by atoms with Crippen LogP contribution >= 0.6 is 0 Å². The number of nitrogens with two attached hydrogens (primary N) is 1. The van der Waals surface area contributed by atoms with Crippen LogP contribution < -0.4 is 19.9 Å². The fourth-order valence-corrected chi connectivity index (χ4v) is 2.32. The van der Waals surface area contributed by atoms with Crippen LogP contribution in [0.15, 0.2) is 17.0 Å². The molecule has 0 aromatic heterocycles. The van der Waals surface area contributed by atoms with Crippen molar-refractivity contribution < 1.29 is 37.4 Å². The van der Waals surface area contributed by atoms with Crippen molar-refractivity contribution in [1.29, 1.82) is 0 Å². The van der Waals surface area contributed by atoms with Gasteiger partial charge in [0, 0.05) is 18.9 Å². The summed E-state index contributed by atoms with van der Waals surface area (Å²) in [6, 6.07) is 2.01. The van der Waals surface area contributed by atoms with Gasteiger partial charge in [-0.05, 0) is 6.07 Å². The van der Waals surface area contributed by atoms with Gasteiger partial charge in [0.25, 0.3) is 0 Å². The molecule has 1 aliphatic rings. The molecule has 0 spiro atoms. The van der Waals surface area contributed by atoms with Crippen molar-refractivity contribution in [2.45, 2.75) is 17.7 Å². The zero-order valence-corrected chi connectivity index (χ0v) is 13.7. The Morgan fingerprint density at radius 3 is 2.00 bits per heavy atom. The number of methoxy groups -OCH3 is 2. The molecule has 1 aliphatic heterocycles. The minimum Gasteiger partial charge on any atom is -0.493 e. The largest absolute Gasteiger partial charge is 0.493 e. The van der Waals surface area contributed by atoms with Gasteiger partial charge in [-0.2, -0.15) is 0 Å². The van der Waals surface area contributed by atoms with Crippen molar-refractivity contribution in [3.63, 3.8) is 0 Å². The molecule has 4 N–H and O–H groups in total. The van der Waals surface area contributed by atoms with Crippen molar-refractivity contribution in [3.8, 4) is 11.5 Å². The summed E-state index contributed by atoms with van der Waals surface area (Å²) in [4.78, 5) is 30.8. The number of carboxylic acids is 1. The van der Waals surface area contributed by atoms with Gasteiger partial charge in [-0.25, -0.2) is 18.4 Å². The fourth-order valence-electron chi connectivity index (χ4n) is 1.77. The number of rotatable bonds is 4. The summed E-state index contributed by atoms with van der Waals surface area (Å²) in [7, 11) is -1.50. The predicted octanol–water partition coefficient (Wildman–Crippen LogP) is -0.528. The maximum Gasteiger partial charge on any atom is 0.339 e. The summed E-state index contributed by atoms with van der Waals surface area (Å²) < 4.78 is 32.0. The molecule has 1 aromatic carbocycles. The maximum absolute atomic E-state index is 11.2. The predicted molar refractivity (Wildman–Crippen MR) is 80.3 cm³/mol. The Morgan fingerprint density at radius 1 is 1.17 bits per heavy atom. The fraction of sp³-hybridized carbons (Fsp3) is 0.308. The van der Waals surface area contributed by atoms with Gasteiger partial charge in [0.1, 0.15) is 5.56 Å². The van der Waals surface area contributed by atoms with Crippen LogP contribution in [0.25, 0.3) is 0 Å². The SMILES string of the molecule is COc1cc(S(N)(=O)=O)cc(C(=O)O)c1OC.O=C1CCC(=O)N1. The van der Waals surface area contributed by atoms with E-state index in [0.29, 0.717) is 12.8 Å². The summed E-state index contributed by atoms with van der Waals surface area (Å²) in [6.07, 6.45) is 0.748. The van der Waals surface area contributed by atoms with Gasteiger partial charge in [-0.1, -0.05) is 0 Å². The van der Waals surface area contributed by atoms with E-state index in [4.69, 9.17) is 19.7 Å². The zero-order valence-electron chi connectivity index (χ0n) is 12.9. The molecule has 1 fully saturated rings. The first-order chi connectivity index (χ1) is 11.1. The second-order valence-corrected chi connectivity index (χ2v) is 6.09. The van der Waals surface area contributed by atoms with E-state index in [-0.39, 0.29) is 33.8 Å². The standard InChI is InChI=1S/C9H11NO6S.C4H5NO2/c1-15-7-4-5(17(10,13)14)3-6(9(11)12)8(7)16-2;6-3-1-2-4(7)5-3/h3-4H,1-2H3,(H,11,12)(H2,10,13,14);1-2H2,(H,5,6,7). The summed E-state index contributed by atoms with van der Waals surface area (Å²) in [5.41, 5.74) is -0.337. The van der Waals surface area contributed by atoms with Crippen molar-refractivity contribution >= 4 is 27.8 Å². The summed E-state index contributed by atoms with van der Waals surface area (Å²) in [5.74, 6) is -1.72. The molecule has 0 radical (unpaired) electrons. The van der Waals surface area contributed by atoms with Gasteiger partial charge in [-0.3, -0.25) is 14.9 Å². The first-order valence-corrected chi connectivity index (χ1v) is 7.99. The Hall–Kier alpha value is -2.66. The highest BCUT2D eigenvalue weighted by Gasteiger charge is 2.21. The van der Waals surface area contributed by atoms with E-state index in [2.05, 4.69) is 5.32 Å². The third kappa shape index (κ3) is 4.93. The summed E-state index contributed by atoms with van der Waals surface area (Å²) in [6.45, 7) is 0. The number of sulfonamides is 1. The average Bonchev–Trinajstić information content (AvgIpc) is 2.88. The number of benzene rings is 1. The molecule has 24 heavy (non-hydrogen) atoms. The number of imide groups is 1. The number of primary sulfonamides is 1. The van der Waals surface area contributed by atoms with Crippen LogP contribution in [0.5, 0.6) is 11.5 Å². The lowest BCUT2D eigenvalue weighted by atomic mass is 10.2. The Bertz CT molecular complexity index is 758. The Balaban J connectivity index is 0.000000341. The Labute approximate surface area is 137 Å². The highest BCUT2D eigenvalue weighted by molar-refractivity contribution is 7.89. The van der Waals surface area contributed by atoms with Crippen LogP contribution in [-0.2, 0) is 19.6 Å². The first-order valence-electron chi connectivity index (χ1n) is 6.45. The molecule has 2 rings (SSSR count). The summed E-state index contributed by atoms with van der Waals surface area (Å²) >= 11 is 0. The van der Waals surface area contributed by atoms with Crippen LogP contribution in [0.4, 0.5) is 0 Å². The molecule has 1 heterocycles. The average molecular weight is 360 g/mol. The van der Waals surface area contributed by atoms with Gasteiger partial charge in [0.15, 0.2) is 11.5 Å². The van der Waals surface area contributed by atoms with E-state index in [1.165, 1.54) is 14.2 Å². The van der Waals surface area contributed by atoms with Gasteiger partial charge in [-0.15, -0.1) is 0 Å². The molecule has 0 aliphatic carbocycles. The van der Waals surface area contributed by atoms with Crippen LogP contribution in [-0.4, -0.2) is 45.5 Å². The van der Waals surface area contributed by atoms with Crippen LogP contribution in [0, 0.1) is 0 Å². The number of carbonyl (C=O) groups is 3. The minimum absolute atomic E-state index is 0.0172. The number of ether oxygens (including phenoxy) is 2. The van der Waals surface area contributed by atoms with E-state index in [0.717, 1.165) is 12.1 Å². The first kappa shape index (κ1) is 19.4. The topological polar surface area (TPSA) is 162 Å². The molecule has 0 unspecified atom stereocenters. The number of hydrogen-bond donors (Lipinski definition) is 3. The number of carbonyl (C=O) groups excluding carboxylic acids is 2. The molecular formula is C13H16N2O8S. The molecule has 132 valence electrons. The molecule has 0 atom stereocenters. The molecular weight excluding hydrogens is 344 g/mol. The Morgan fingerprint density at radius 2 is 1.71 bits per heavy atom. The number of amides is 2. The maximum atomic E-state index is 11.2.